The Morgan fingerprint density at radius 3 is 1.93 bits per heavy atom. The summed E-state index contributed by atoms with van der Waals surface area (Å²) in [4.78, 5) is 29.2. The first-order valence-corrected chi connectivity index (χ1v) is 11.0. The lowest BCUT2D eigenvalue weighted by molar-refractivity contribution is -0.0927. The molecule has 10 heteroatoms. The molecule has 160 valence electrons. The molecule has 0 aromatic rings. The minimum absolute atomic E-state index is 0.0782. The van der Waals surface area contributed by atoms with Gasteiger partial charge in [-0.15, -0.1) is 0 Å². The molecule has 0 saturated carbocycles. The molecular formula is C18H33N3O6Si. The first-order valence-electron chi connectivity index (χ1n) is 9.02. The number of hydrogen-bond acceptors (Lipinski definition) is 6. The van der Waals surface area contributed by atoms with Gasteiger partial charge in [0.2, 0.25) is 6.35 Å². The third kappa shape index (κ3) is 5.64. The van der Waals surface area contributed by atoms with Crippen LogP contribution in [0.25, 0.3) is 0 Å². The van der Waals surface area contributed by atoms with Crippen molar-refractivity contribution in [1.82, 2.24) is 14.7 Å². The Bertz CT molecular complexity index is 602. The minimum atomic E-state index is -2.85. The van der Waals surface area contributed by atoms with Crippen molar-refractivity contribution in [3.8, 4) is 0 Å². The lowest BCUT2D eigenvalue weighted by atomic mass is 10.2. The molecule has 1 N–H and O–H groups in total. The zero-order chi connectivity index (χ0) is 21.6. The summed E-state index contributed by atoms with van der Waals surface area (Å²) in [5.41, 5.74) is 1.35. The smallest absolute Gasteiger partial charge is 0.377 e. The van der Waals surface area contributed by atoms with Crippen molar-refractivity contribution in [2.75, 3.05) is 41.0 Å². The highest BCUT2D eigenvalue weighted by Crippen LogP contribution is 2.25. The summed E-state index contributed by atoms with van der Waals surface area (Å²) in [6, 6.07) is -0.686. The first kappa shape index (κ1) is 24.3. The molecule has 1 aliphatic heterocycles. The summed E-state index contributed by atoms with van der Waals surface area (Å²) in [5.74, 6) is -0.114. The van der Waals surface area contributed by atoms with Gasteiger partial charge in [-0.1, -0.05) is 31.2 Å². The van der Waals surface area contributed by atoms with Crippen molar-refractivity contribution >= 4 is 20.9 Å². The first-order chi connectivity index (χ1) is 13.0. The molecule has 28 heavy (non-hydrogen) atoms. The van der Waals surface area contributed by atoms with Crippen LogP contribution >= 0.6 is 0 Å². The lowest BCUT2D eigenvalue weighted by Gasteiger charge is -2.45. The molecule has 0 radical (unpaired) electrons. The van der Waals surface area contributed by atoms with E-state index in [1.807, 2.05) is 6.92 Å². The third-order valence-corrected chi connectivity index (χ3v) is 7.48. The fourth-order valence-electron chi connectivity index (χ4n) is 3.10. The normalized spacial score (nSPS) is 19.2. The Balaban J connectivity index is 3.09. The van der Waals surface area contributed by atoms with Gasteiger partial charge in [-0.2, -0.15) is 0 Å². The fraction of sp³-hybridized carbons (Fsp3) is 0.667. The standard InChI is InChI=1S/C18H33N3O6Si/c1-13(2)9-19-16(22)20(10-14(3)4)18(24)21(17(19)23)11-15(5)12-28(25-6,26-7)27-8/h15,17,23H,1,3,9-12H2,2,4-8H3. The largest absolute Gasteiger partial charge is 0.500 e. The highest BCUT2D eigenvalue weighted by molar-refractivity contribution is 6.60. The van der Waals surface area contributed by atoms with Gasteiger partial charge >= 0.3 is 20.9 Å². The van der Waals surface area contributed by atoms with Gasteiger partial charge in [0.25, 0.3) is 0 Å². The average molecular weight is 416 g/mol. The number of aliphatic hydroxyl groups is 1. The van der Waals surface area contributed by atoms with Crippen LogP contribution < -0.4 is 0 Å². The number of aliphatic hydroxyl groups excluding tert-OH is 1. The maximum Gasteiger partial charge on any atom is 0.500 e. The molecule has 2 atom stereocenters. The molecule has 0 bridgehead atoms. The van der Waals surface area contributed by atoms with Crippen LogP contribution in [0.3, 0.4) is 0 Å². The third-order valence-electron chi connectivity index (χ3n) is 4.42. The van der Waals surface area contributed by atoms with Crippen molar-refractivity contribution < 1.29 is 28.0 Å². The monoisotopic (exact) mass is 415 g/mol. The second-order valence-corrected chi connectivity index (χ2v) is 10.3. The minimum Gasteiger partial charge on any atom is -0.377 e. The zero-order valence-electron chi connectivity index (χ0n) is 17.7. The Labute approximate surface area is 168 Å². The second kappa shape index (κ2) is 10.2. The van der Waals surface area contributed by atoms with Crippen LogP contribution in [0.15, 0.2) is 24.3 Å². The van der Waals surface area contributed by atoms with Crippen LogP contribution in [0.4, 0.5) is 9.59 Å². The van der Waals surface area contributed by atoms with Gasteiger partial charge < -0.3 is 18.4 Å². The molecule has 9 nitrogen and oxygen atoms in total. The summed E-state index contributed by atoms with van der Waals surface area (Å²) in [6.45, 7) is 13.4. The molecule has 1 heterocycles. The van der Waals surface area contributed by atoms with Crippen LogP contribution in [0.5, 0.6) is 0 Å². The molecule has 2 unspecified atom stereocenters. The van der Waals surface area contributed by atoms with Crippen molar-refractivity contribution in [1.29, 1.82) is 0 Å². The summed E-state index contributed by atoms with van der Waals surface area (Å²) in [6.07, 6.45) is -1.38. The van der Waals surface area contributed by atoms with Gasteiger partial charge in [0.05, 0.1) is 6.54 Å². The molecule has 0 spiro atoms. The van der Waals surface area contributed by atoms with E-state index in [0.717, 1.165) is 4.90 Å². The van der Waals surface area contributed by atoms with E-state index in [2.05, 4.69) is 13.2 Å². The van der Waals surface area contributed by atoms with Gasteiger partial charge in [-0.25, -0.2) is 14.5 Å². The Morgan fingerprint density at radius 2 is 1.50 bits per heavy atom. The molecule has 1 saturated heterocycles. The zero-order valence-corrected chi connectivity index (χ0v) is 18.7. The number of imide groups is 1. The van der Waals surface area contributed by atoms with E-state index in [0.29, 0.717) is 17.2 Å². The molecule has 1 rings (SSSR count). The Hall–Kier alpha value is -1.72. The SMILES string of the molecule is C=C(C)CN1C(=O)N(CC(=C)C)C(O)N(CC(C)C[Si](OC)(OC)OC)C1=O. The molecule has 0 aromatic heterocycles. The van der Waals surface area contributed by atoms with Crippen molar-refractivity contribution in [2.45, 2.75) is 33.2 Å². The van der Waals surface area contributed by atoms with E-state index >= 15 is 0 Å². The average Bonchev–Trinajstić information content (AvgIpc) is 2.63. The maximum absolute atomic E-state index is 12.9. The summed E-state index contributed by atoms with van der Waals surface area (Å²) < 4.78 is 16.3. The topological polar surface area (TPSA) is 91.8 Å². The number of urea groups is 2. The highest BCUT2D eigenvalue weighted by Gasteiger charge is 2.45. The van der Waals surface area contributed by atoms with Gasteiger partial charge in [-0.05, 0) is 19.8 Å². The van der Waals surface area contributed by atoms with Gasteiger partial charge in [-0.3, -0.25) is 9.80 Å². The highest BCUT2D eigenvalue weighted by atomic mass is 28.4. The van der Waals surface area contributed by atoms with Crippen molar-refractivity contribution in [3.05, 3.63) is 24.3 Å². The van der Waals surface area contributed by atoms with Crippen LogP contribution in [0.1, 0.15) is 20.8 Å². The molecule has 1 fully saturated rings. The molecule has 1 aliphatic rings. The predicted octanol–water partition coefficient (Wildman–Crippen LogP) is 2.09. The van der Waals surface area contributed by atoms with E-state index in [-0.39, 0.29) is 25.6 Å². The number of carbonyl (C=O) groups is 2. The van der Waals surface area contributed by atoms with Gasteiger partial charge in [0.1, 0.15) is 0 Å². The molecule has 4 amide bonds. The Kier molecular flexibility index (Phi) is 8.83. The van der Waals surface area contributed by atoms with E-state index < -0.39 is 27.2 Å². The fourth-order valence-corrected chi connectivity index (χ4v) is 5.09. The number of nitrogens with zero attached hydrogens (tertiary/aromatic N) is 3. The molecule has 0 aliphatic carbocycles. The van der Waals surface area contributed by atoms with Crippen LogP contribution in [-0.2, 0) is 13.3 Å². The van der Waals surface area contributed by atoms with E-state index in [9.17, 15) is 14.7 Å². The van der Waals surface area contributed by atoms with Gasteiger partial charge in [0.15, 0.2) is 0 Å². The van der Waals surface area contributed by atoms with Crippen LogP contribution in [0.2, 0.25) is 6.04 Å². The van der Waals surface area contributed by atoms with Crippen LogP contribution in [0, 0.1) is 5.92 Å². The molecular weight excluding hydrogens is 382 g/mol. The van der Waals surface area contributed by atoms with Crippen LogP contribution in [-0.4, -0.2) is 88.0 Å². The summed E-state index contributed by atoms with van der Waals surface area (Å²) in [7, 11) is 1.72. The molecule has 0 aromatic carbocycles. The number of rotatable bonds is 11. The number of amides is 4. The van der Waals surface area contributed by atoms with Gasteiger partial charge in [0, 0.05) is 40.5 Å². The summed E-state index contributed by atoms with van der Waals surface area (Å²) >= 11 is 0. The number of hydrogen-bond donors (Lipinski definition) is 1. The van der Waals surface area contributed by atoms with E-state index in [4.69, 9.17) is 13.3 Å². The second-order valence-electron chi connectivity index (χ2n) is 7.30. The van der Waals surface area contributed by atoms with Crippen molar-refractivity contribution in [3.63, 3.8) is 0 Å². The summed E-state index contributed by atoms with van der Waals surface area (Å²) in [5, 5.41) is 10.7. The van der Waals surface area contributed by atoms with Crippen molar-refractivity contribution in [2.24, 2.45) is 5.92 Å². The number of carbonyl (C=O) groups excluding carboxylic acids is 2. The van der Waals surface area contributed by atoms with E-state index in [1.54, 1.807) is 13.8 Å². The predicted molar refractivity (Wildman–Crippen MR) is 107 cm³/mol. The Morgan fingerprint density at radius 1 is 1.04 bits per heavy atom. The van der Waals surface area contributed by atoms with E-state index in [1.165, 1.54) is 31.1 Å². The maximum atomic E-state index is 12.9. The quantitative estimate of drug-likeness (QED) is 0.410. The lowest BCUT2D eigenvalue weighted by Crippen LogP contribution is -2.67.